The van der Waals surface area contributed by atoms with Crippen LogP contribution in [0.25, 0.3) is 5.69 Å². The average Bonchev–Trinajstić information content (AvgIpc) is 3.39. The predicted molar refractivity (Wildman–Crippen MR) is 119 cm³/mol. The maximum absolute atomic E-state index is 13.1. The second kappa shape index (κ2) is 9.55. The van der Waals surface area contributed by atoms with Gasteiger partial charge < -0.3 is 14.8 Å². The van der Waals surface area contributed by atoms with Crippen LogP contribution in [0.5, 0.6) is 11.5 Å². The van der Waals surface area contributed by atoms with Crippen molar-refractivity contribution in [3.8, 4) is 17.2 Å². The summed E-state index contributed by atoms with van der Waals surface area (Å²) in [5.41, 5.74) is 1.42. The van der Waals surface area contributed by atoms with E-state index in [0.29, 0.717) is 30.0 Å². The van der Waals surface area contributed by atoms with Crippen molar-refractivity contribution < 1.29 is 22.7 Å². The summed E-state index contributed by atoms with van der Waals surface area (Å²) in [5.74, 6) is 0.395. The molecule has 0 aliphatic carbocycles. The molecule has 0 atom stereocenters. The highest BCUT2D eigenvalue weighted by molar-refractivity contribution is 7.89. The van der Waals surface area contributed by atoms with E-state index in [4.69, 9.17) is 9.47 Å². The van der Waals surface area contributed by atoms with Gasteiger partial charge >= 0.3 is 0 Å². The van der Waals surface area contributed by atoms with Gasteiger partial charge in [0.25, 0.3) is 0 Å². The third-order valence-corrected chi connectivity index (χ3v) is 7.46. The lowest BCUT2D eigenvalue weighted by molar-refractivity contribution is -0.120. The maximum Gasteiger partial charge on any atom is 0.243 e. The predicted octanol–water partition coefficient (Wildman–Crippen LogP) is 1.72. The topological polar surface area (TPSA) is 129 Å². The number of benzene rings is 2. The smallest absolute Gasteiger partial charge is 0.243 e. The van der Waals surface area contributed by atoms with E-state index < -0.39 is 10.0 Å². The van der Waals surface area contributed by atoms with Gasteiger partial charge in [-0.1, -0.05) is 0 Å². The van der Waals surface area contributed by atoms with Crippen LogP contribution in [-0.2, 0) is 14.8 Å². The van der Waals surface area contributed by atoms with E-state index in [9.17, 15) is 13.2 Å². The minimum Gasteiger partial charge on any atom is -0.493 e. The van der Waals surface area contributed by atoms with Gasteiger partial charge in [0.2, 0.25) is 15.9 Å². The molecule has 2 aromatic carbocycles. The Hall–Kier alpha value is -3.51. The quantitative estimate of drug-likeness (QED) is 0.550. The summed E-state index contributed by atoms with van der Waals surface area (Å²) >= 11 is 0. The Morgan fingerprint density at radius 2 is 1.73 bits per heavy atom. The largest absolute Gasteiger partial charge is 0.493 e. The zero-order chi connectivity index (χ0) is 23.4. The molecule has 3 aromatic rings. The van der Waals surface area contributed by atoms with Crippen LogP contribution in [-0.4, -0.2) is 66.1 Å². The minimum atomic E-state index is -3.71. The van der Waals surface area contributed by atoms with Crippen molar-refractivity contribution >= 4 is 21.6 Å². The summed E-state index contributed by atoms with van der Waals surface area (Å²) in [6, 6.07) is 11.6. The SMILES string of the molecule is COc1ccc(S(=O)(=O)N2CCC(C(=O)Nc3ccc(-n4cnnn4)cc3)CC2)cc1OC. The molecule has 1 saturated heterocycles. The zero-order valence-corrected chi connectivity index (χ0v) is 19.0. The number of carbonyl (C=O) groups is 1. The summed E-state index contributed by atoms with van der Waals surface area (Å²) in [4.78, 5) is 12.8. The summed E-state index contributed by atoms with van der Waals surface area (Å²) < 4.78 is 39.4. The maximum atomic E-state index is 13.1. The molecule has 1 aliphatic rings. The third kappa shape index (κ3) is 4.81. The van der Waals surface area contributed by atoms with Gasteiger partial charge in [-0.05, 0) is 59.7 Å². The lowest BCUT2D eigenvalue weighted by Crippen LogP contribution is -2.41. The first-order chi connectivity index (χ1) is 15.9. The van der Waals surface area contributed by atoms with Gasteiger partial charge in [0.15, 0.2) is 11.5 Å². The van der Waals surface area contributed by atoms with Crippen molar-refractivity contribution in [1.82, 2.24) is 24.5 Å². The first-order valence-electron chi connectivity index (χ1n) is 10.3. The molecule has 0 saturated carbocycles. The number of piperidine rings is 1. The van der Waals surface area contributed by atoms with Gasteiger partial charge in [-0.3, -0.25) is 4.79 Å². The van der Waals surface area contributed by atoms with Crippen molar-refractivity contribution in [3.63, 3.8) is 0 Å². The molecule has 2 heterocycles. The number of hydrogen-bond acceptors (Lipinski definition) is 8. The molecule has 1 aromatic heterocycles. The number of hydrogen-bond donors (Lipinski definition) is 1. The highest BCUT2D eigenvalue weighted by Gasteiger charge is 2.32. The number of anilines is 1. The number of rotatable bonds is 7. The Labute approximate surface area is 191 Å². The van der Waals surface area contributed by atoms with E-state index in [2.05, 4.69) is 20.8 Å². The number of nitrogens with one attached hydrogen (secondary N) is 1. The lowest BCUT2D eigenvalue weighted by atomic mass is 9.97. The molecule has 1 amide bonds. The molecule has 174 valence electrons. The van der Waals surface area contributed by atoms with Crippen LogP contribution < -0.4 is 14.8 Å². The standard InChI is InChI=1S/C21H24N6O5S/c1-31-19-8-7-18(13-20(19)32-2)33(29,30)26-11-9-15(10-12-26)21(28)23-16-3-5-17(6-4-16)27-14-22-24-25-27/h3-8,13-15H,9-12H2,1-2H3,(H,23,28). The lowest BCUT2D eigenvalue weighted by Gasteiger charge is -2.30. The van der Waals surface area contributed by atoms with Crippen LogP contribution in [0.4, 0.5) is 5.69 Å². The van der Waals surface area contributed by atoms with E-state index in [0.717, 1.165) is 5.69 Å². The highest BCUT2D eigenvalue weighted by Crippen LogP contribution is 2.32. The van der Waals surface area contributed by atoms with E-state index in [-0.39, 0.29) is 29.8 Å². The monoisotopic (exact) mass is 472 g/mol. The average molecular weight is 473 g/mol. The Morgan fingerprint density at radius 1 is 1.03 bits per heavy atom. The molecule has 11 nitrogen and oxygen atoms in total. The summed E-state index contributed by atoms with van der Waals surface area (Å²) in [5, 5.41) is 13.9. The Kier molecular flexibility index (Phi) is 6.56. The molecule has 12 heteroatoms. The van der Waals surface area contributed by atoms with Crippen molar-refractivity contribution in [2.24, 2.45) is 5.92 Å². The minimum absolute atomic E-state index is 0.130. The van der Waals surface area contributed by atoms with Gasteiger partial charge in [-0.25, -0.2) is 13.1 Å². The van der Waals surface area contributed by atoms with Crippen LogP contribution in [0, 0.1) is 5.92 Å². The molecule has 0 spiro atoms. The van der Waals surface area contributed by atoms with E-state index >= 15 is 0 Å². The Balaban J connectivity index is 1.36. The number of aromatic nitrogens is 4. The Morgan fingerprint density at radius 3 is 2.33 bits per heavy atom. The normalized spacial score (nSPS) is 15.2. The third-order valence-electron chi connectivity index (χ3n) is 5.57. The van der Waals surface area contributed by atoms with Crippen molar-refractivity contribution in [2.45, 2.75) is 17.7 Å². The number of methoxy groups -OCH3 is 2. The molecule has 1 aliphatic heterocycles. The van der Waals surface area contributed by atoms with Crippen LogP contribution in [0.1, 0.15) is 12.8 Å². The van der Waals surface area contributed by atoms with Crippen molar-refractivity contribution in [2.75, 3.05) is 32.6 Å². The molecule has 4 rings (SSSR count). The van der Waals surface area contributed by atoms with Gasteiger partial charge in [0.1, 0.15) is 6.33 Å². The molecule has 0 unspecified atom stereocenters. The Bertz CT molecular complexity index is 1210. The van der Waals surface area contributed by atoms with Crippen LogP contribution in [0.15, 0.2) is 53.7 Å². The molecular weight excluding hydrogens is 448 g/mol. The van der Waals surface area contributed by atoms with Gasteiger partial charge in [-0.2, -0.15) is 4.31 Å². The van der Waals surface area contributed by atoms with Crippen molar-refractivity contribution in [1.29, 1.82) is 0 Å². The molecule has 1 fully saturated rings. The van der Waals surface area contributed by atoms with Crippen LogP contribution >= 0.6 is 0 Å². The number of amides is 1. The number of nitrogens with zero attached hydrogens (tertiary/aromatic N) is 5. The fourth-order valence-corrected chi connectivity index (χ4v) is 5.19. The van der Waals surface area contributed by atoms with Gasteiger partial charge in [-0.15, -0.1) is 5.10 Å². The molecule has 0 radical (unpaired) electrons. The first-order valence-corrected chi connectivity index (χ1v) is 11.7. The van der Waals surface area contributed by atoms with Gasteiger partial charge in [0, 0.05) is 30.8 Å². The van der Waals surface area contributed by atoms with Crippen molar-refractivity contribution in [3.05, 3.63) is 48.8 Å². The number of sulfonamides is 1. The van der Waals surface area contributed by atoms with E-state index in [1.54, 1.807) is 30.3 Å². The fourth-order valence-electron chi connectivity index (χ4n) is 3.71. The fraction of sp³-hybridized carbons (Fsp3) is 0.333. The molecule has 33 heavy (non-hydrogen) atoms. The van der Waals surface area contributed by atoms with E-state index in [1.807, 2.05) is 0 Å². The van der Waals surface area contributed by atoms with Crippen LogP contribution in [0.2, 0.25) is 0 Å². The summed E-state index contributed by atoms with van der Waals surface area (Å²) in [6.45, 7) is 0.514. The second-order valence-corrected chi connectivity index (χ2v) is 9.42. The number of tetrazole rings is 1. The molecular formula is C21H24N6O5S. The molecule has 0 bridgehead atoms. The second-order valence-electron chi connectivity index (χ2n) is 7.49. The first kappa shape index (κ1) is 22.7. The summed E-state index contributed by atoms with van der Waals surface area (Å²) in [6.07, 6.45) is 2.35. The summed E-state index contributed by atoms with van der Waals surface area (Å²) in [7, 11) is -0.760. The molecule has 1 N–H and O–H groups in total. The number of ether oxygens (including phenoxy) is 2. The van der Waals surface area contributed by atoms with E-state index in [1.165, 1.54) is 41.7 Å². The van der Waals surface area contributed by atoms with Crippen LogP contribution in [0.3, 0.4) is 0 Å². The number of carbonyl (C=O) groups excluding carboxylic acids is 1. The zero-order valence-electron chi connectivity index (χ0n) is 18.2. The van der Waals surface area contributed by atoms with Gasteiger partial charge in [0.05, 0.1) is 24.8 Å². The highest BCUT2D eigenvalue weighted by atomic mass is 32.2.